The van der Waals surface area contributed by atoms with Gasteiger partial charge in [0, 0.05) is 52.0 Å². The molecule has 0 bridgehead atoms. The predicted molar refractivity (Wildman–Crippen MR) is 77.9 cm³/mol. The zero-order valence-electron chi connectivity index (χ0n) is 12.8. The van der Waals surface area contributed by atoms with Crippen molar-refractivity contribution in [3.8, 4) is 0 Å². The third-order valence-corrected chi connectivity index (χ3v) is 5.36. The van der Waals surface area contributed by atoms with E-state index in [0.29, 0.717) is 6.10 Å². The Kier molecular flexibility index (Phi) is 4.97. The minimum Gasteiger partial charge on any atom is -0.384 e. The lowest BCUT2D eigenvalue weighted by molar-refractivity contribution is -0.150. The average molecular weight is 283 g/mol. The number of hydrogen-bond donors (Lipinski definition) is 0. The Morgan fingerprint density at radius 3 is 2.85 bits per heavy atom. The molecule has 116 valence electrons. The van der Waals surface area contributed by atoms with Crippen molar-refractivity contribution >= 4 is 0 Å². The van der Waals surface area contributed by atoms with Gasteiger partial charge in [0.1, 0.15) is 0 Å². The molecular formula is C16H29NO3. The van der Waals surface area contributed by atoms with Gasteiger partial charge in [0.05, 0.1) is 12.7 Å². The monoisotopic (exact) mass is 283 g/mol. The van der Waals surface area contributed by atoms with E-state index in [1.165, 1.54) is 45.2 Å². The van der Waals surface area contributed by atoms with E-state index < -0.39 is 0 Å². The van der Waals surface area contributed by atoms with Gasteiger partial charge in [-0.25, -0.2) is 0 Å². The fourth-order valence-corrected chi connectivity index (χ4v) is 4.33. The maximum absolute atomic E-state index is 6.05. The number of likely N-dealkylation sites (tertiary alicyclic amines) is 1. The van der Waals surface area contributed by atoms with Gasteiger partial charge in [-0.2, -0.15) is 0 Å². The van der Waals surface area contributed by atoms with Crippen LogP contribution in [0.3, 0.4) is 0 Å². The molecule has 20 heavy (non-hydrogen) atoms. The van der Waals surface area contributed by atoms with E-state index in [9.17, 15) is 0 Å². The van der Waals surface area contributed by atoms with Crippen molar-refractivity contribution in [2.24, 2.45) is 11.3 Å². The number of methoxy groups -OCH3 is 1. The zero-order valence-corrected chi connectivity index (χ0v) is 12.8. The van der Waals surface area contributed by atoms with E-state index in [-0.39, 0.29) is 5.41 Å². The number of nitrogens with zero attached hydrogens (tertiary/aromatic N) is 1. The number of ether oxygens (including phenoxy) is 3. The molecule has 3 rings (SSSR count). The van der Waals surface area contributed by atoms with Gasteiger partial charge in [-0.15, -0.1) is 0 Å². The van der Waals surface area contributed by atoms with E-state index in [2.05, 4.69) is 4.90 Å². The van der Waals surface area contributed by atoms with Crippen LogP contribution in [0.4, 0.5) is 0 Å². The summed E-state index contributed by atoms with van der Waals surface area (Å²) < 4.78 is 17.1. The molecule has 0 aromatic rings. The Morgan fingerprint density at radius 2 is 2.05 bits per heavy atom. The zero-order chi connectivity index (χ0) is 13.8. The first-order valence-electron chi connectivity index (χ1n) is 8.23. The highest BCUT2D eigenvalue weighted by Crippen LogP contribution is 2.40. The van der Waals surface area contributed by atoms with E-state index in [1.807, 2.05) is 7.11 Å². The molecule has 0 radical (unpaired) electrons. The van der Waals surface area contributed by atoms with Crippen molar-refractivity contribution in [2.45, 2.75) is 38.2 Å². The number of piperidine rings is 1. The van der Waals surface area contributed by atoms with Crippen LogP contribution in [-0.2, 0) is 14.2 Å². The van der Waals surface area contributed by atoms with Crippen molar-refractivity contribution in [1.29, 1.82) is 0 Å². The van der Waals surface area contributed by atoms with E-state index in [1.54, 1.807) is 0 Å². The first kappa shape index (κ1) is 14.8. The van der Waals surface area contributed by atoms with Crippen molar-refractivity contribution in [2.75, 3.05) is 53.2 Å². The Bertz CT molecular complexity index is 302. The number of fused-ring (bicyclic) bond motifs is 1. The molecule has 3 saturated heterocycles. The van der Waals surface area contributed by atoms with Gasteiger partial charge in [0.15, 0.2) is 0 Å². The molecule has 4 heteroatoms. The van der Waals surface area contributed by atoms with E-state index in [0.717, 1.165) is 38.9 Å². The van der Waals surface area contributed by atoms with Crippen molar-refractivity contribution < 1.29 is 14.2 Å². The second-order valence-corrected chi connectivity index (χ2v) is 6.84. The molecular weight excluding hydrogens is 254 g/mol. The topological polar surface area (TPSA) is 30.9 Å². The Balaban J connectivity index is 1.60. The third-order valence-electron chi connectivity index (χ3n) is 5.36. The minimum atomic E-state index is 0.246. The molecule has 0 aromatic heterocycles. The van der Waals surface area contributed by atoms with E-state index in [4.69, 9.17) is 14.2 Å². The highest BCUT2D eigenvalue weighted by molar-refractivity contribution is 4.96. The van der Waals surface area contributed by atoms with Gasteiger partial charge < -0.3 is 19.1 Å². The molecule has 4 nitrogen and oxygen atoms in total. The number of rotatable bonds is 4. The highest BCUT2D eigenvalue weighted by Gasteiger charge is 2.46. The number of hydrogen-bond acceptors (Lipinski definition) is 4. The van der Waals surface area contributed by atoms with Crippen molar-refractivity contribution in [3.05, 3.63) is 0 Å². The Morgan fingerprint density at radius 1 is 1.20 bits per heavy atom. The maximum atomic E-state index is 6.05. The lowest BCUT2D eigenvalue weighted by atomic mass is 9.72. The molecule has 0 N–H and O–H groups in total. The van der Waals surface area contributed by atoms with Gasteiger partial charge in [0.2, 0.25) is 0 Å². The summed E-state index contributed by atoms with van der Waals surface area (Å²) in [4.78, 5) is 2.67. The van der Waals surface area contributed by atoms with Crippen LogP contribution in [0, 0.1) is 11.3 Å². The molecule has 0 amide bonds. The molecule has 3 aliphatic rings. The lowest BCUT2D eigenvalue weighted by Gasteiger charge is -2.50. The average Bonchev–Trinajstić information content (AvgIpc) is 2.48. The van der Waals surface area contributed by atoms with Crippen molar-refractivity contribution in [1.82, 2.24) is 4.90 Å². The van der Waals surface area contributed by atoms with Crippen LogP contribution < -0.4 is 0 Å². The summed E-state index contributed by atoms with van der Waals surface area (Å²) >= 11 is 0. The van der Waals surface area contributed by atoms with Gasteiger partial charge >= 0.3 is 0 Å². The molecule has 0 saturated carbocycles. The summed E-state index contributed by atoms with van der Waals surface area (Å²) in [5.41, 5.74) is 0.246. The second kappa shape index (κ2) is 6.73. The van der Waals surface area contributed by atoms with E-state index >= 15 is 0 Å². The molecule has 0 spiro atoms. The highest BCUT2D eigenvalue weighted by atomic mass is 16.5. The minimum absolute atomic E-state index is 0.246. The first-order valence-corrected chi connectivity index (χ1v) is 8.23. The Hall–Kier alpha value is -0.160. The van der Waals surface area contributed by atoms with Gasteiger partial charge in [0.25, 0.3) is 0 Å². The van der Waals surface area contributed by atoms with Crippen LogP contribution in [0.2, 0.25) is 0 Å². The molecule has 3 fully saturated rings. The molecule has 0 aromatic carbocycles. The quantitative estimate of drug-likeness (QED) is 0.789. The van der Waals surface area contributed by atoms with Crippen LogP contribution in [0.15, 0.2) is 0 Å². The fourth-order valence-electron chi connectivity index (χ4n) is 4.33. The van der Waals surface area contributed by atoms with Crippen LogP contribution in [-0.4, -0.2) is 64.2 Å². The third kappa shape index (κ3) is 3.19. The SMILES string of the molecule is COC[C@]12CCCO[C@@H]1CCN(CC1CCOCC1)C2. The molecule has 3 heterocycles. The molecule has 3 aliphatic heterocycles. The van der Waals surface area contributed by atoms with Crippen LogP contribution in [0.5, 0.6) is 0 Å². The lowest BCUT2D eigenvalue weighted by Crippen LogP contribution is -2.57. The second-order valence-electron chi connectivity index (χ2n) is 6.84. The standard InChI is InChI=1S/C16H29NO3/c1-18-13-16-6-2-8-20-15(16)3-7-17(12-16)11-14-4-9-19-10-5-14/h14-15H,2-13H2,1H3/t15-,16-/m1/s1. The van der Waals surface area contributed by atoms with Crippen LogP contribution in [0.25, 0.3) is 0 Å². The normalized spacial score (nSPS) is 36.8. The van der Waals surface area contributed by atoms with Gasteiger partial charge in [-0.1, -0.05) is 0 Å². The Labute approximate surface area is 122 Å². The summed E-state index contributed by atoms with van der Waals surface area (Å²) in [7, 11) is 1.83. The molecule has 2 atom stereocenters. The first-order chi connectivity index (χ1) is 9.82. The van der Waals surface area contributed by atoms with Crippen LogP contribution >= 0.6 is 0 Å². The largest absolute Gasteiger partial charge is 0.384 e. The summed E-state index contributed by atoms with van der Waals surface area (Å²) in [6, 6.07) is 0. The van der Waals surface area contributed by atoms with Crippen LogP contribution in [0.1, 0.15) is 32.1 Å². The fraction of sp³-hybridized carbons (Fsp3) is 1.00. The summed E-state index contributed by atoms with van der Waals surface area (Å²) in [6.07, 6.45) is 6.50. The predicted octanol–water partition coefficient (Wildman–Crippen LogP) is 1.93. The molecule has 0 unspecified atom stereocenters. The van der Waals surface area contributed by atoms with Gasteiger partial charge in [-0.3, -0.25) is 0 Å². The summed E-state index contributed by atoms with van der Waals surface area (Å²) in [5, 5.41) is 0. The van der Waals surface area contributed by atoms with Crippen molar-refractivity contribution in [3.63, 3.8) is 0 Å². The summed E-state index contributed by atoms with van der Waals surface area (Å²) in [5.74, 6) is 0.824. The van der Waals surface area contributed by atoms with Gasteiger partial charge in [-0.05, 0) is 38.0 Å². The molecule has 0 aliphatic carbocycles. The smallest absolute Gasteiger partial charge is 0.0677 e. The summed E-state index contributed by atoms with van der Waals surface area (Å²) in [6.45, 7) is 7.27. The maximum Gasteiger partial charge on any atom is 0.0677 e.